The van der Waals surface area contributed by atoms with Crippen LogP contribution in [-0.2, 0) is 4.79 Å². The van der Waals surface area contributed by atoms with E-state index in [2.05, 4.69) is 15.5 Å². The number of nitrogens with one attached hydrogen (secondary N) is 1. The van der Waals surface area contributed by atoms with E-state index in [0.717, 1.165) is 17.3 Å². The molecule has 128 valence electrons. The highest BCUT2D eigenvalue weighted by Gasteiger charge is 2.14. The van der Waals surface area contributed by atoms with Gasteiger partial charge in [-0.3, -0.25) is 4.79 Å². The van der Waals surface area contributed by atoms with Gasteiger partial charge in [-0.15, -0.1) is 10.2 Å². The molecule has 0 saturated heterocycles. The molecule has 1 aromatic heterocycles. The monoisotopic (exact) mass is 375 g/mol. The third-order valence-electron chi connectivity index (χ3n) is 3.32. The molecule has 3 rings (SSSR count). The van der Waals surface area contributed by atoms with Crippen LogP contribution in [0.4, 0.5) is 5.69 Å². The van der Waals surface area contributed by atoms with Crippen LogP contribution in [0.25, 0.3) is 11.5 Å². The summed E-state index contributed by atoms with van der Waals surface area (Å²) in [7, 11) is 0. The molecule has 0 spiro atoms. The van der Waals surface area contributed by atoms with E-state index < -0.39 is 0 Å². The number of rotatable bonds is 5. The quantitative estimate of drug-likeness (QED) is 0.652. The van der Waals surface area contributed by atoms with Crippen molar-refractivity contribution in [1.82, 2.24) is 10.2 Å². The molecule has 2 N–H and O–H groups in total. The van der Waals surface area contributed by atoms with Gasteiger partial charge in [0, 0.05) is 10.7 Å². The van der Waals surface area contributed by atoms with Crippen molar-refractivity contribution in [3.63, 3.8) is 0 Å². The van der Waals surface area contributed by atoms with Gasteiger partial charge < -0.3 is 14.8 Å². The minimum atomic E-state index is -0.216. The van der Waals surface area contributed by atoms with Crippen LogP contribution in [0, 0.1) is 6.92 Å². The van der Waals surface area contributed by atoms with E-state index in [1.807, 2.05) is 13.0 Å². The van der Waals surface area contributed by atoms with Crippen LogP contribution < -0.4 is 5.32 Å². The summed E-state index contributed by atoms with van der Waals surface area (Å²) >= 11 is 7.14. The standard InChI is InChI=1S/C17H14ClN3O3S/c1-10-6-7-11(8-13(10)18)19-15(23)9-25-17-21-20-16(24-17)12-4-2-3-5-14(12)22/h2-8,22H,9H2,1H3,(H,19,23). The molecule has 0 fully saturated rings. The fourth-order valence-corrected chi connectivity index (χ4v) is 2.77. The van der Waals surface area contributed by atoms with Crippen molar-refractivity contribution in [2.45, 2.75) is 12.1 Å². The average Bonchev–Trinajstić information content (AvgIpc) is 3.05. The number of carbonyl (C=O) groups is 1. The maximum absolute atomic E-state index is 12.0. The third-order valence-corrected chi connectivity index (χ3v) is 4.55. The Bertz CT molecular complexity index is 914. The summed E-state index contributed by atoms with van der Waals surface area (Å²) in [6.07, 6.45) is 0. The first-order valence-electron chi connectivity index (χ1n) is 7.33. The molecule has 6 nitrogen and oxygen atoms in total. The first-order valence-corrected chi connectivity index (χ1v) is 8.70. The van der Waals surface area contributed by atoms with E-state index in [1.54, 1.807) is 30.3 Å². The van der Waals surface area contributed by atoms with Gasteiger partial charge in [0.1, 0.15) is 5.75 Å². The van der Waals surface area contributed by atoms with Gasteiger partial charge in [-0.2, -0.15) is 0 Å². The maximum atomic E-state index is 12.0. The Morgan fingerprint density at radius 3 is 2.84 bits per heavy atom. The summed E-state index contributed by atoms with van der Waals surface area (Å²) in [5.74, 6) is 0.142. The number of nitrogens with zero attached hydrogens (tertiary/aromatic N) is 2. The molecule has 0 radical (unpaired) electrons. The molecule has 0 aliphatic heterocycles. The topological polar surface area (TPSA) is 88.2 Å². The van der Waals surface area contributed by atoms with E-state index >= 15 is 0 Å². The normalized spacial score (nSPS) is 10.6. The molecule has 0 aliphatic rings. The van der Waals surface area contributed by atoms with Crippen LogP contribution >= 0.6 is 23.4 Å². The molecular weight excluding hydrogens is 362 g/mol. The van der Waals surface area contributed by atoms with Gasteiger partial charge in [0.05, 0.1) is 11.3 Å². The molecule has 0 atom stereocenters. The number of para-hydroxylation sites is 1. The number of phenolic OH excluding ortho intramolecular Hbond substituents is 1. The summed E-state index contributed by atoms with van der Waals surface area (Å²) in [5, 5.41) is 21.1. The molecule has 3 aromatic rings. The Morgan fingerprint density at radius 1 is 1.28 bits per heavy atom. The lowest BCUT2D eigenvalue weighted by Crippen LogP contribution is -2.14. The van der Waals surface area contributed by atoms with Gasteiger partial charge in [0.15, 0.2) is 0 Å². The number of anilines is 1. The molecule has 1 amide bonds. The van der Waals surface area contributed by atoms with Crippen molar-refractivity contribution in [2.75, 3.05) is 11.1 Å². The van der Waals surface area contributed by atoms with Crippen molar-refractivity contribution in [1.29, 1.82) is 0 Å². The number of aromatic nitrogens is 2. The molecule has 2 aromatic carbocycles. The van der Waals surface area contributed by atoms with Crippen LogP contribution in [0.2, 0.25) is 5.02 Å². The number of hydrogen-bond donors (Lipinski definition) is 2. The van der Waals surface area contributed by atoms with E-state index in [0.29, 0.717) is 16.3 Å². The number of amides is 1. The van der Waals surface area contributed by atoms with Crippen LogP contribution in [0.1, 0.15) is 5.56 Å². The van der Waals surface area contributed by atoms with E-state index in [-0.39, 0.29) is 28.5 Å². The van der Waals surface area contributed by atoms with Gasteiger partial charge in [0.25, 0.3) is 11.1 Å². The molecule has 1 heterocycles. The molecule has 0 saturated carbocycles. The predicted octanol–water partition coefficient (Wildman–Crippen LogP) is 4.13. The fraction of sp³-hybridized carbons (Fsp3) is 0.118. The summed E-state index contributed by atoms with van der Waals surface area (Å²) in [4.78, 5) is 12.0. The first-order chi connectivity index (χ1) is 12.0. The first kappa shape index (κ1) is 17.3. The Balaban J connectivity index is 1.59. The lowest BCUT2D eigenvalue weighted by Gasteiger charge is -2.05. The van der Waals surface area contributed by atoms with Crippen molar-refractivity contribution in [3.05, 3.63) is 53.1 Å². The molecule has 0 bridgehead atoms. The number of phenols is 1. The Labute approximate surface area is 153 Å². The average molecular weight is 376 g/mol. The minimum Gasteiger partial charge on any atom is -0.507 e. The highest BCUT2D eigenvalue weighted by atomic mass is 35.5. The number of halogens is 1. The highest BCUT2D eigenvalue weighted by Crippen LogP contribution is 2.29. The largest absolute Gasteiger partial charge is 0.507 e. The third kappa shape index (κ3) is 4.32. The maximum Gasteiger partial charge on any atom is 0.277 e. The van der Waals surface area contributed by atoms with Crippen LogP contribution in [0.15, 0.2) is 52.1 Å². The van der Waals surface area contributed by atoms with E-state index in [4.69, 9.17) is 16.0 Å². The summed E-state index contributed by atoms with van der Waals surface area (Å²) < 4.78 is 5.47. The second-order valence-corrected chi connectivity index (χ2v) is 6.52. The minimum absolute atomic E-state index is 0.0525. The second-order valence-electron chi connectivity index (χ2n) is 5.19. The second kappa shape index (κ2) is 7.58. The van der Waals surface area contributed by atoms with Gasteiger partial charge in [-0.05, 0) is 36.8 Å². The van der Waals surface area contributed by atoms with Gasteiger partial charge in [-0.1, -0.05) is 41.6 Å². The van der Waals surface area contributed by atoms with Crippen LogP contribution in [-0.4, -0.2) is 27.0 Å². The van der Waals surface area contributed by atoms with Gasteiger partial charge >= 0.3 is 0 Å². The van der Waals surface area contributed by atoms with Crippen molar-refractivity contribution in [2.24, 2.45) is 0 Å². The Kier molecular flexibility index (Phi) is 5.25. The Morgan fingerprint density at radius 2 is 2.08 bits per heavy atom. The van der Waals surface area contributed by atoms with Crippen LogP contribution in [0.5, 0.6) is 5.75 Å². The van der Waals surface area contributed by atoms with Crippen molar-refractivity contribution in [3.8, 4) is 17.2 Å². The number of benzene rings is 2. The molecular formula is C17H14ClN3O3S. The number of thioether (sulfide) groups is 1. The molecule has 25 heavy (non-hydrogen) atoms. The smallest absolute Gasteiger partial charge is 0.277 e. The number of carbonyl (C=O) groups excluding carboxylic acids is 1. The van der Waals surface area contributed by atoms with E-state index in [1.165, 1.54) is 6.07 Å². The van der Waals surface area contributed by atoms with Crippen molar-refractivity contribution >= 4 is 35.0 Å². The van der Waals surface area contributed by atoms with Gasteiger partial charge in [-0.25, -0.2) is 0 Å². The summed E-state index contributed by atoms with van der Waals surface area (Å²) in [6.45, 7) is 1.89. The zero-order chi connectivity index (χ0) is 17.8. The number of hydrogen-bond acceptors (Lipinski definition) is 6. The lowest BCUT2D eigenvalue weighted by molar-refractivity contribution is -0.113. The predicted molar refractivity (Wildman–Crippen MR) is 96.9 cm³/mol. The molecule has 0 unspecified atom stereocenters. The zero-order valence-corrected chi connectivity index (χ0v) is 14.8. The zero-order valence-electron chi connectivity index (χ0n) is 13.2. The van der Waals surface area contributed by atoms with Gasteiger partial charge in [0.2, 0.25) is 5.91 Å². The number of aromatic hydroxyl groups is 1. The lowest BCUT2D eigenvalue weighted by atomic mass is 10.2. The van der Waals surface area contributed by atoms with E-state index in [9.17, 15) is 9.90 Å². The summed E-state index contributed by atoms with van der Waals surface area (Å²) in [5.41, 5.74) is 2.01. The molecule has 0 aliphatic carbocycles. The molecule has 8 heteroatoms. The van der Waals surface area contributed by atoms with Crippen LogP contribution in [0.3, 0.4) is 0 Å². The fourth-order valence-electron chi connectivity index (χ4n) is 2.03. The Hall–Kier alpha value is -2.51. The van der Waals surface area contributed by atoms with Crippen molar-refractivity contribution < 1.29 is 14.3 Å². The SMILES string of the molecule is Cc1ccc(NC(=O)CSc2nnc(-c3ccccc3O)o2)cc1Cl. The number of aryl methyl sites for hydroxylation is 1. The highest BCUT2D eigenvalue weighted by molar-refractivity contribution is 7.99. The summed E-state index contributed by atoms with van der Waals surface area (Å²) in [6, 6.07) is 12.0.